The normalized spacial score (nSPS) is 10.4. The maximum absolute atomic E-state index is 10.7. The monoisotopic (exact) mass is 469 g/mol. The fraction of sp³-hybridized carbons (Fsp3) is 0. The van der Waals surface area contributed by atoms with Gasteiger partial charge in [0.25, 0.3) is 0 Å². The van der Waals surface area contributed by atoms with Crippen LogP contribution in [0.25, 0.3) is 0 Å². The van der Waals surface area contributed by atoms with Gasteiger partial charge in [0.15, 0.2) is 0 Å². The molecule has 1 rings (SSSR count). The lowest BCUT2D eigenvalue weighted by atomic mass is 10.3. The standard InChI is InChI=1S/C6Br4ClNO2/c7-1-2(8)4(10)6(12(13)14)5(11)3(1)9. The average Bonchev–Trinajstić information content (AvgIpc) is 2.11. The van der Waals surface area contributed by atoms with Gasteiger partial charge in [-0.05, 0) is 63.7 Å². The van der Waals surface area contributed by atoms with Crippen LogP contribution >= 0.6 is 75.3 Å². The van der Waals surface area contributed by atoms with Crippen LogP contribution in [-0.4, -0.2) is 4.92 Å². The highest BCUT2D eigenvalue weighted by molar-refractivity contribution is 9.15. The van der Waals surface area contributed by atoms with Crippen LogP contribution in [0.15, 0.2) is 17.9 Å². The highest BCUT2D eigenvalue weighted by Gasteiger charge is 2.25. The average molecular weight is 473 g/mol. The Morgan fingerprint density at radius 2 is 1.43 bits per heavy atom. The molecule has 0 aliphatic carbocycles. The summed E-state index contributed by atoms with van der Waals surface area (Å²) in [7, 11) is 0. The summed E-state index contributed by atoms with van der Waals surface area (Å²) in [6.07, 6.45) is 0. The van der Waals surface area contributed by atoms with E-state index >= 15 is 0 Å². The topological polar surface area (TPSA) is 43.1 Å². The molecule has 1 aromatic rings. The molecule has 0 amide bonds. The van der Waals surface area contributed by atoms with E-state index < -0.39 is 4.92 Å². The van der Waals surface area contributed by atoms with Crippen molar-refractivity contribution < 1.29 is 4.92 Å². The minimum Gasteiger partial charge on any atom is -0.258 e. The second-order valence-electron chi connectivity index (χ2n) is 2.18. The Hall–Kier alpha value is 0.830. The molecular formula is C6Br4ClNO2. The van der Waals surface area contributed by atoms with Gasteiger partial charge in [0.1, 0.15) is 9.50 Å². The maximum atomic E-state index is 10.7. The van der Waals surface area contributed by atoms with Crippen LogP contribution in [0.5, 0.6) is 0 Å². The smallest absolute Gasteiger partial charge is 0.258 e. The molecular weight excluding hydrogens is 473 g/mol. The van der Waals surface area contributed by atoms with Crippen LogP contribution in [0.2, 0.25) is 5.02 Å². The number of nitro benzene ring substituents is 1. The van der Waals surface area contributed by atoms with Crippen molar-refractivity contribution in [3.05, 3.63) is 33.0 Å². The summed E-state index contributed by atoms with van der Waals surface area (Å²) >= 11 is 18.5. The summed E-state index contributed by atoms with van der Waals surface area (Å²) in [5.74, 6) is 0. The lowest BCUT2D eigenvalue weighted by Crippen LogP contribution is -1.93. The number of halogens is 5. The van der Waals surface area contributed by atoms with E-state index in [0.29, 0.717) is 17.9 Å². The SMILES string of the molecule is O=[N+]([O-])c1c(Cl)c(Br)c(Br)c(Br)c1Br. The summed E-state index contributed by atoms with van der Waals surface area (Å²) in [6, 6.07) is 0. The molecule has 8 heteroatoms. The Balaban J connectivity index is 3.68. The lowest BCUT2D eigenvalue weighted by molar-refractivity contribution is -0.385. The van der Waals surface area contributed by atoms with E-state index in [2.05, 4.69) is 63.7 Å². The van der Waals surface area contributed by atoms with Gasteiger partial charge in [-0.2, -0.15) is 0 Å². The van der Waals surface area contributed by atoms with E-state index in [4.69, 9.17) is 11.6 Å². The molecule has 0 saturated heterocycles. The summed E-state index contributed by atoms with van der Waals surface area (Å²) in [4.78, 5) is 10.1. The predicted molar refractivity (Wildman–Crippen MR) is 68.9 cm³/mol. The van der Waals surface area contributed by atoms with Crippen molar-refractivity contribution in [1.29, 1.82) is 0 Å². The van der Waals surface area contributed by atoms with Gasteiger partial charge in [0, 0.05) is 4.47 Å². The molecule has 0 fully saturated rings. The largest absolute Gasteiger partial charge is 0.304 e. The van der Waals surface area contributed by atoms with E-state index in [-0.39, 0.29) is 10.7 Å². The third-order valence-corrected chi connectivity index (χ3v) is 6.71. The molecule has 0 aliphatic rings. The van der Waals surface area contributed by atoms with E-state index in [1.165, 1.54) is 0 Å². The minimum absolute atomic E-state index is 0.0527. The van der Waals surface area contributed by atoms with Crippen LogP contribution in [0.4, 0.5) is 5.69 Å². The summed E-state index contributed by atoms with van der Waals surface area (Å²) < 4.78 is 1.92. The van der Waals surface area contributed by atoms with Gasteiger partial charge in [-0.25, -0.2) is 0 Å². The zero-order chi connectivity index (χ0) is 11.0. The van der Waals surface area contributed by atoms with Gasteiger partial charge in [-0.15, -0.1) is 0 Å². The van der Waals surface area contributed by atoms with Crippen LogP contribution in [0, 0.1) is 10.1 Å². The predicted octanol–water partition coefficient (Wildman–Crippen LogP) is 5.30. The molecule has 14 heavy (non-hydrogen) atoms. The zero-order valence-corrected chi connectivity index (χ0v) is 13.3. The van der Waals surface area contributed by atoms with Gasteiger partial charge in [0.2, 0.25) is 0 Å². The van der Waals surface area contributed by atoms with Crippen molar-refractivity contribution in [1.82, 2.24) is 0 Å². The molecule has 0 bridgehead atoms. The summed E-state index contributed by atoms with van der Waals surface area (Å²) in [5.41, 5.74) is -0.173. The zero-order valence-electron chi connectivity index (χ0n) is 6.15. The molecule has 0 radical (unpaired) electrons. The van der Waals surface area contributed by atoms with Gasteiger partial charge in [-0.3, -0.25) is 10.1 Å². The molecule has 3 nitrogen and oxygen atoms in total. The number of rotatable bonds is 1. The highest BCUT2D eigenvalue weighted by Crippen LogP contribution is 2.47. The highest BCUT2D eigenvalue weighted by atomic mass is 79.9. The van der Waals surface area contributed by atoms with Crippen LogP contribution in [-0.2, 0) is 0 Å². The van der Waals surface area contributed by atoms with Gasteiger partial charge in [-0.1, -0.05) is 11.6 Å². The van der Waals surface area contributed by atoms with Crippen molar-refractivity contribution in [3.63, 3.8) is 0 Å². The fourth-order valence-electron chi connectivity index (χ4n) is 0.754. The van der Waals surface area contributed by atoms with Crippen molar-refractivity contribution in [2.45, 2.75) is 0 Å². The molecule has 0 aliphatic heterocycles. The minimum atomic E-state index is -0.547. The Morgan fingerprint density at radius 3 is 1.86 bits per heavy atom. The molecule has 0 atom stereocenters. The molecule has 0 unspecified atom stereocenters. The van der Waals surface area contributed by atoms with Crippen molar-refractivity contribution >= 4 is 81.0 Å². The van der Waals surface area contributed by atoms with E-state index in [1.54, 1.807) is 0 Å². The summed E-state index contributed by atoms with van der Waals surface area (Å²) in [6.45, 7) is 0. The van der Waals surface area contributed by atoms with Crippen molar-refractivity contribution in [3.8, 4) is 0 Å². The first-order valence-corrected chi connectivity index (χ1v) is 6.58. The number of nitrogens with zero attached hydrogens (tertiary/aromatic N) is 1. The molecule has 1 aromatic carbocycles. The summed E-state index contributed by atoms with van der Waals surface area (Å²) in [5, 5.41) is 10.7. The van der Waals surface area contributed by atoms with E-state index in [1.807, 2.05) is 0 Å². The van der Waals surface area contributed by atoms with Crippen molar-refractivity contribution in [2.75, 3.05) is 0 Å². The molecule has 0 aromatic heterocycles. The van der Waals surface area contributed by atoms with Crippen LogP contribution in [0.3, 0.4) is 0 Å². The lowest BCUT2D eigenvalue weighted by Gasteiger charge is -2.06. The second kappa shape index (κ2) is 4.78. The number of nitro groups is 1. The second-order valence-corrected chi connectivity index (χ2v) is 5.73. The molecule has 0 heterocycles. The first-order valence-electron chi connectivity index (χ1n) is 3.03. The van der Waals surface area contributed by atoms with E-state index in [9.17, 15) is 10.1 Å². The molecule has 0 spiro atoms. The Kier molecular flexibility index (Phi) is 4.40. The van der Waals surface area contributed by atoms with Gasteiger partial charge >= 0.3 is 5.69 Å². The van der Waals surface area contributed by atoms with Gasteiger partial charge in [0.05, 0.1) is 13.9 Å². The molecule has 0 saturated carbocycles. The third-order valence-electron chi connectivity index (χ3n) is 1.37. The van der Waals surface area contributed by atoms with Gasteiger partial charge < -0.3 is 0 Å². The first-order chi connectivity index (χ1) is 6.37. The fourth-order valence-corrected chi connectivity index (χ4v) is 3.48. The quantitative estimate of drug-likeness (QED) is 0.241. The number of hydrogen-bond acceptors (Lipinski definition) is 2. The Bertz CT molecular complexity index is 394. The molecule has 0 N–H and O–H groups in total. The third kappa shape index (κ3) is 2.16. The Labute approximate surface area is 118 Å². The number of benzene rings is 1. The number of hydrogen-bond donors (Lipinski definition) is 0. The van der Waals surface area contributed by atoms with Crippen LogP contribution in [0.1, 0.15) is 0 Å². The first kappa shape index (κ1) is 12.9. The maximum Gasteiger partial charge on any atom is 0.304 e. The Morgan fingerprint density at radius 1 is 1.00 bits per heavy atom. The molecule has 76 valence electrons. The van der Waals surface area contributed by atoms with Crippen LogP contribution < -0.4 is 0 Å². The van der Waals surface area contributed by atoms with Crippen molar-refractivity contribution in [2.24, 2.45) is 0 Å². The van der Waals surface area contributed by atoms with E-state index in [0.717, 1.165) is 0 Å².